The van der Waals surface area contributed by atoms with Gasteiger partial charge in [-0.3, -0.25) is 4.79 Å². The first kappa shape index (κ1) is 20.0. The van der Waals surface area contributed by atoms with Crippen molar-refractivity contribution in [1.82, 2.24) is 20.2 Å². The smallest absolute Gasteiger partial charge is 0.240 e. The van der Waals surface area contributed by atoms with E-state index in [4.69, 9.17) is 0 Å². The highest BCUT2D eigenvalue weighted by molar-refractivity contribution is 7.13. The fourth-order valence-electron chi connectivity index (χ4n) is 3.57. The Morgan fingerprint density at radius 3 is 2.78 bits per heavy atom. The summed E-state index contributed by atoms with van der Waals surface area (Å²) in [6.07, 6.45) is 1.78. The Morgan fingerprint density at radius 1 is 1.44 bits per heavy atom. The molecule has 148 valence electrons. The average Bonchev–Trinajstić information content (AvgIpc) is 3.29. The second kappa shape index (κ2) is 7.73. The quantitative estimate of drug-likeness (QED) is 0.732. The number of H-pyrrole nitrogens is 1. The van der Waals surface area contributed by atoms with Crippen LogP contribution in [0.5, 0.6) is 0 Å². The second-order valence-corrected chi connectivity index (χ2v) is 9.62. The van der Waals surface area contributed by atoms with E-state index >= 15 is 0 Å². The molecule has 1 aliphatic heterocycles. The van der Waals surface area contributed by atoms with Gasteiger partial charge in [-0.1, -0.05) is 40.7 Å². The van der Waals surface area contributed by atoms with E-state index in [1.807, 2.05) is 37.6 Å². The summed E-state index contributed by atoms with van der Waals surface area (Å²) < 4.78 is 0. The summed E-state index contributed by atoms with van der Waals surface area (Å²) in [5.41, 5.74) is 0.714. The molecule has 2 aromatic rings. The van der Waals surface area contributed by atoms with Crippen molar-refractivity contribution in [1.29, 1.82) is 0 Å². The Balaban J connectivity index is 1.86. The van der Waals surface area contributed by atoms with Gasteiger partial charge in [0.25, 0.3) is 0 Å². The number of likely N-dealkylation sites (tertiary alicyclic amines) is 1. The Kier molecular flexibility index (Phi) is 5.74. The van der Waals surface area contributed by atoms with Gasteiger partial charge in [0, 0.05) is 19.0 Å². The summed E-state index contributed by atoms with van der Waals surface area (Å²) in [7, 11) is 0. The zero-order valence-electron chi connectivity index (χ0n) is 16.7. The van der Waals surface area contributed by atoms with Crippen molar-refractivity contribution in [3.63, 3.8) is 0 Å². The number of aromatic nitrogens is 2. The van der Waals surface area contributed by atoms with E-state index in [1.54, 1.807) is 16.2 Å². The van der Waals surface area contributed by atoms with E-state index < -0.39 is 6.10 Å². The third kappa shape index (κ3) is 4.42. The predicted octanol–water partition coefficient (Wildman–Crippen LogP) is 3.19. The number of aromatic amines is 1. The SMILES string of the molecule is CC(C)N[C@H](C(=O)N1C[C@H](O)C[C@H]1c1ncc(-c2cccs2)[nH]1)C(C)(C)C. The van der Waals surface area contributed by atoms with Gasteiger partial charge in [0.2, 0.25) is 5.91 Å². The van der Waals surface area contributed by atoms with Gasteiger partial charge in [0.15, 0.2) is 0 Å². The summed E-state index contributed by atoms with van der Waals surface area (Å²) in [4.78, 5) is 24.2. The number of thiophene rings is 1. The van der Waals surface area contributed by atoms with E-state index in [1.165, 1.54) is 0 Å². The van der Waals surface area contributed by atoms with Crippen LogP contribution in [0.2, 0.25) is 0 Å². The van der Waals surface area contributed by atoms with Crippen LogP contribution in [0.15, 0.2) is 23.7 Å². The zero-order chi connectivity index (χ0) is 19.8. The lowest BCUT2D eigenvalue weighted by molar-refractivity contribution is -0.137. The first-order chi connectivity index (χ1) is 12.7. The fourth-order valence-corrected chi connectivity index (χ4v) is 4.26. The molecular weight excluding hydrogens is 360 g/mol. The molecule has 7 heteroatoms. The maximum Gasteiger partial charge on any atom is 0.240 e. The molecule has 1 fully saturated rings. The Bertz CT molecular complexity index is 763. The molecule has 1 amide bonds. The largest absolute Gasteiger partial charge is 0.391 e. The van der Waals surface area contributed by atoms with Crippen molar-refractivity contribution in [2.45, 2.75) is 65.3 Å². The van der Waals surface area contributed by atoms with Crippen LogP contribution in [0, 0.1) is 5.41 Å². The van der Waals surface area contributed by atoms with Crippen molar-refractivity contribution in [3.8, 4) is 10.6 Å². The molecule has 27 heavy (non-hydrogen) atoms. The number of β-amino-alcohol motifs (C(OH)–C–C–N with tert-alkyl or cyclic N) is 1. The van der Waals surface area contributed by atoms with Crippen LogP contribution in [0.3, 0.4) is 0 Å². The summed E-state index contributed by atoms with van der Waals surface area (Å²) in [5, 5.41) is 15.7. The van der Waals surface area contributed by atoms with Crippen LogP contribution >= 0.6 is 11.3 Å². The van der Waals surface area contributed by atoms with Crippen molar-refractivity contribution >= 4 is 17.2 Å². The molecule has 6 nitrogen and oxygen atoms in total. The zero-order valence-corrected chi connectivity index (χ0v) is 17.5. The van der Waals surface area contributed by atoms with E-state index in [0.717, 1.165) is 16.4 Å². The minimum atomic E-state index is -0.533. The number of amides is 1. The maximum absolute atomic E-state index is 13.4. The fraction of sp³-hybridized carbons (Fsp3) is 0.600. The minimum absolute atomic E-state index is 0.0202. The third-order valence-electron chi connectivity index (χ3n) is 4.87. The van der Waals surface area contributed by atoms with E-state index in [9.17, 15) is 9.90 Å². The first-order valence-corrected chi connectivity index (χ1v) is 10.4. The molecule has 3 atom stereocenters. The topological polar surface area (TPSA) is 81.2 Å². The molecule has 0 radical (unpaired) electrons. The molecule has 3 N–H and O–H groups in total. The van der Waals surface area contributed by atoms with Gasteiger partial charge < -0.3 is 20.3 Å². The van der Waals surface area contributed by atoms with Gasteiger partial charge in [0.05, 0.1) is 35.0 Å². The maximum atomic E-state index is 13.4. The molecular formula is C20H30N4O2S. The lowest BCUT2D eigenvalue weighted by Gasteiger charge is -2.36. The van der Waals surface area contributed by atoms with Crippen LogP contribution in [0.4, 0.5) is 0 Å². The number of nitrogens with one attached hydrogen (secondary N) is 2. The normalized spacial score (nSPS) is 21.8. The molecule has 1 aliphatic rings. The van der Waals surface area contributed by atoms with Crippen molar-refractivity contribution in [2.75, 3.05) is 6.54 Å². The number of aliphatic hydroxyl groups excluding tert-OH is 1. The minimum Gasteiger partial charge on any atom is -0.391 e. The lowest BCUT2D eigenvalue weighted by Crippen LogP contribution is -2.55. The van der Waals surface area contributed by atoms with Gasteiger partial charge in [0.1, 0.15) is 5.82 Å². The highest BCUT2D eigenvalue weighted by atomic mass is 32.1. The van der Waals surface area contributed by atoms with Crippen LogP contribution < -0.4 is 5.32 Å². The number of hydrogen-bond donors (Lipinski definition) is 3. The molecule has 3 rings (SSSR count). The number of imidazole rings is 1. The van der Waals surface area contributed by atoms with Crippen LogP contribution in [-0.4, -0.2) is 50.6 Å². The molecule has 2 aromatic heterocycles. The second-order valence-electron chi connectivity index (χ2n) is 8.68. The first-order valence-electron chi connectivity index (χ1n) is 9.50. The van der Waals surface area contributed by atoms with Gasteiger partial charge in [-0.15, -0.1) is 11.3 Å². The van der Waals surface area contributed by atoms with E-state index in [-0.39, 0.29) is 29.4 Å². The number of aliphatic hydroxyl groups is 1. The van der Waals surface area contributed by atoms with Gasteiger partial charge in [-0.25, -0.2) is 4.98 Å². The van der Waals surface area contributed by atoms with E-state index in [0.29, 0.717) is 13.0 Å². The molecule has 0 bridgehead atoms. The Morgan fingerprint density at radius 2 is 2.19 bits per heavy atom. The third-order valence-corrected chi connectivity index (χ3v) is 5.78. The molecule has 0 aromatic carbocycles. The highest BCUT2D eigenvalue weighted by Crippen LogP contribution is 2.35. The highest BCUT2D eigenvalue weighted by Gasteiger charge is 2.42. The average molecular weight is 391 g/mol. The van der Waals surface area contributed by atoms with E-state index in [2.05, 4.69) is 36.1 Å². The number of hydrogen-bond acceptors (Lipinski definition) is 5. The molecule has 0 aliphatic carbocycles. The van der Waals surface area contributed by atoms with Crippen molar-refractivity contribution < 1.29 is 9.90 Å². The molecule has 0 saturated carbocycles. The molecule has 0 unspecified atom stereocenters. The monoisotopic (exact) mass is 390 g/mol. The number of carbonyl (C=O) groups excluding carboxylic acids is 1. The lowest BCUT2D eigenvalue weighted by atomic mass is 9.85. The van der Waals surface area contributed by atoms with Crippen LogP contribution in [-0.2, 0) is 4.79 Å². The molecule has 3 heterocycles. The van der Waals surface area contributed by atoms with Crippen LogP contribution in [0.25, 0.3) is 10.6 Å². The summed E-state index contributed by atoms with van der Waals surface area (Å²) in [5.74, 6) is 0.757. The van der Waals surface area contributed by atoms with Crippen molar-refractivity contribution in [2.24, 2.45) is 5.41 Å². The predicted molar refractivity (Wildman–Crippen MR) is 108 cm³/mol. The van der Waals surface area contributed by atoms with Gasteiger partial charge >= 0.3 is 0 Å². The summed E-state index contributed by atoms with van der Waals surface area (Å²) in [6, 6.07) is 3.67. The molecule has 1 saturated heterocycles. The number of rotatable bonds is 5. The van der Waals surface area contributed by atoms with Gasteiger partial charge in [-0.2, -0.15) is 0 Å². The molecule has 0 spiro atoms. The van der Waals surface area contributed by atoms with Gasteiger partial charge in [-0.05, 0) is 16.9 Å². The number of carbonyl (C=O) groups is 1. The number of nitrogens with zero attached hydrogens (tertiary/aromatic N) is 2. The Labute approximate surface area is 165 Å². The van der Waals surface area contributed by atoms with Crippen LogP contribution in [0.1, 0.15) is 52.9 Å². The summed E-state index contributed by atoms with van der Waals surface area (Å²) in [6.45, 7) is 10.6. The standard InChI is InChI=1S/C20H30N4O2S/c1-12(2)22-17(20(3,4)5)19(26)24-11-13(25)9-15(24)18-21-10-14(23-18)16-7-6-8-27-16/h6-8,10,12-13,15,17,22,25H,9,11H2,1-5H3,(H,21,23)/t13-,15+,17-/m1/s1. The Hall–Kier alpha value is -1.70. The van der Waals surface area contributed by atoms with Crippen molar-refractivity contribution in [3.05, 3.63) is 29.5 Å². The summed E-state index contributed by atoms with van der Waals surface area (Å²) >= 11 is 1.64.